The monoisotopic (exact) mass is 254 g/mol. The van der Waals surface area contributed by atoms with Gasteiger partial charge < -0.3 is 10.2 Å². The van der Waals surface area contributed by atoms with Gasteiger partial charge in [-0.2, -0.15) is 0 Å². The van der Waals surface area contributed by atoms with E-state index in [0.29, 0.717) is 11.3 Å². The van der Waals surface area contributed by atoms with Crippen molar-refractivity contribution < 1.29 is 19.8 Å². The molecule has 1 rings (SSSR count). The van der Waals surface area contributed by atoms with Gasteiger partial charge in [-0.1, -0.05) is 19.4 Å². The molecule has 1 aromatic carbocycles. The Balaban J connectivity index is 2.82. The summed E-state index contributed by atoms with van der Waals surface area (Å²) in [6, 6.07) is 6.33. The molecule has 92 valence electrons. The van der Waals surface area contributed by atoms with Gasteiger partial charge in [0.2, 0.25) is 0 Å². The lowest BCUT2D eigenvalue weighted by Gasteiger charge is -2.10. The summed E-state index contributed by atoms with van der Waals surface area (Å²) < 4.78 is 0. The summed E-state index contributed by atoms with van der Waals surface area (Å²) in [5.41, 5.74) is 0.177. The van der Waals surface area contributed by atoms with Crippen molar-refractivity contribution in [2.24, 2.45) is 0 Å². The lowest BCUT2D eigenvalue weighted by atomic mass is 10.2. The van der Waals surface area contributed by atoms with Crippen molar-refractivity contribution in [2.45, 2.75) is 29.9 Å². The third-order valence-corrected chi connectivity index (χ3v) is 3.43. The molecule has 0 aliphatic rings. The van der Waals surface area contributed by atoms with Crippen molar-refractivity contribution in [2.75, 3.05) is 0 Å². The number of carboxylic acid groups (broad SMARTS) is 2. The molecule has 0 radical (unpaired) electrons. The Morgan fingerprint density at radius 1 is 1.35 bits per heavy atom. The molecule has 0 saturated carbocycles. The van der Waals surface area contributed by atoms with Crippen LogP contribution >= 0.6 is 11.8 Å². The van der Waals surface area contributed by atoms with Crippen LogP contribution in [0.3, 0.4) is 0 Å². The van der Waals surface area contributed by atoms with E-state index in [2.05, 4.69) is 0 Å². The second-order valence-electron chi connectivity index (χ2n) is 3.57. The molecular weight excluding hydrogens is 240 g/mol. The lowest BCUT2D eigenvalue weighted by molar-refractivity contribution is -0.136. The van der Waals surface area contributed by atoms with Crippen LogP contribution < -0.4 is 0 Å². The van der Waals surface area contributed by atoms with Gasteiger partial charge in [-0.25, -0.2) is 4.79 Å². The molecule has 1 unspecified atom stereocenters. The van der Waals surface area contributed by atoms with Crippen LogP contribution in [0.15, 0.2) is 29.2 Å². The smallest absolute Gasteiger partial charge is 0.335 e. The van der Waals surface area contributed by atoms with E-state index in [0.717, 1.165) is 6.42 Å². The van der Waals surface area contributed by atoms with E-state index in [-0.39, 0.29) is 5.56 Å². The minimum Gasteiger partial charge on any atom is -0.480 e. The fourth-order valence-corrected chi connectivity index (χ4v) is 2.50. The molecule has 1 atom stereocenters. The van der Waals surface area contributed by atoms with Crippen LogP contribution in [0.1, 0.15) is 30.1 Å². The number of aliphatic carboxylic acids is 1. The van der Waals surface area contributed by atoms with E-state index in [1.54, 1.807) is 12.1 Å². The topological polar surface area (TPSA) is 74.6 Å². The van der Waals surface area contributed by atoms with Gasteiger partial charge in [0, 0.05) is 4.90 Å². The van der Waals surface area contributed by atoms with Gasteiger partial charge in [0.05, 0.1) is 5.56 Å². The van der Waals surface area contributed by atoms with Gasteiger partial charge in [-0.3, -0.25) is 4.79 Å². The molecule has 0 aliphatic heterocycles. The Morgan fingerprint density at radius 3 is 2.59 bits per heavy atom. The minimum absolute atomic E-state index is 0.177. The van der Waals surface area contributed by atoms with E-state index in [1.807, 2.05) is 6.92 Å². The highest BCUT2D eigenvalue weighted by Crippen LogP contribution is 2.27. The summed E-state index contributed by atoms with van der Waals surface area (Å²) in [4.78, 5) is 22.4. The summed E-state index contributed by atoms with van der Waals surface area (Å²) in [7, 11) is 0. The van der Waals surface area contributed by atoms with Gasteiger partial charge in [-0.15, -0.1) is 11.8 Å². The van der Waals surface area contributed by atoms with Crippen molar-refractivity contribution in [1.29, 1.82) is 0 Å². The van der Waals surface area contributed by atoms with E-state index < -0.39 is 17.2 Å². The fourth-order valence-electron chi connectivity index (χ4n) is 1.36. The van der Waals surface area contributed by atoms with Crippen LogP contribution in [-0.2, 0) is 4.79 Å². The van der Waals surface area contributed by atoms with Gasteiger partial charge in [0.25, 0.3) is 0 Å². The van der Waals surface area contributed by atoms with E-state index >= 15 is 0 Å². The van der Waals surface area contributed by atoms with Crippen molar-refractivity contribution in [3.8, 4) is 0 Å². The summed E-state index contributed by atoms with van der Waals surface area (Å²) in [5.74, 6) is -1.87. The lowest BCUT2D eigenvalue weighted by Crippen LogP contribution is -2.15. The molecule has 2 N–H and O–H groups in total. The maximum atomic E-state index is 11.0. The van der Waals surface area contributed by atoms with Crippen molar-refractivity contribution >= 4 is 23.7 Å². The van der Waals surface area contributed by atoms with E-state index in [4.69, 9.17) is 10.2 Å². The standard InChI is InChI=1S/C12H14O4S/c1-2-4-10(12(15)16)17-9-6-3-5-8(7-9)11(13)14/h3,5-7,10H,2,4H2,1H3,(H,13,14)(H,15,16). The van der Waals surface area contributed by atoms with Gasteiger partial charge >= 0.3 is 11.9 Å². The first kappa shape index (κ1) is 13.6. The molecule has 17 heavy (non-hydrogen) atoms. The first-order chi connectivity index (χ1) is 8.04. The highest BCUT2D eigenvalue weighted by atomic mass is 32.2. The van der Waals surface area contributed by atoms with Crippen LogP contribution in [0.2, 0.25) is 0 Å². The molecule has 1 aromatic rings. The number of hydrogen-bond donors (Lipinski definition) is 2. The molecule has 5 heteroatoms. The zero-order valence-corrected chi connectivity index (χ0v) is 10.2. The fraction of sp³-hybridized carbons (Fsp3) is 0.333. The molecule has 0 bridgehead atoms. The molecule has 0 aliphatic carbocycles. The average Bonchev–Trinajstić information content (AvgIpc) is 2.28. The summed E-state index contributed by atoms with van der Waals surface area (Å²) in [6.45, 7) is 1.92. The highest BCUT2D eigenvalue weighted by molar-refractivity contribution is 8.00. The van der Waals surface area contributed by atoms with Crippen LogP contribution in [0.5, 0.6) is 0 Å². The first-order valence-electron chi connectivity index (χ1n) is 5.27. The predicted molar refractivity (Wildman–Crippen MR) is 65.6 cm³/mol. The maximum Gasteiger partial charge on any atom is 0.335 e. The molecule has 0 heterocycles. The molecule has 0 saturated heterocycles. The second kappa shape index (κ2) is 6.30. The Hall–Kier alpha value is -1.49. The zero-order valence-electron chi connectivity index (χ0n) is 9.42. The largest absolute Gasteiger partial charge is 0.480 e. The Bertz CT molecular complexity index is 417. The summed E-state index contributed by atoms with van der Waals surface area (Å²) in [5, 5.41) is 17.3. The van der Waals surface area contributed by atoms with Gasteiger partial charge in [-0.05, 0) is 24.6 Å². The number of carbonyl (C=O) groups is 2. The molecule has 0 spiro atoms. The van der Waals surface area contributed by atoms with E-state index in [9.17, 15) is 9.59 Å². The zero-order chi connectivity index (χ0) is 12.8. The molecule has 0 amide bonds. The van der Waals surface area contributed by atoms with Crippen LogP contribution in [0.4, 0.5) is 0 Å². The molecule has 0 aromatic heterocycles. The maximum absolute atomic E-state index is 11.0. The van der Waals surface area contributed by atoms with Crippen molar-refractivity contribution in [1.82, 2.24) is 0 Å². The summed E-state index contributed by atoms with van der Waals surface area (Å²) >= 11 is 1.19. The van der Waals surface area contributed by atoms with Crippen LogP contribution in [0, 0.1) is 0 Å². The van der Waals surface area contributed by atoms with Crippen molar-refractivity contribution in [3.63, 3.8) is 0 Å². The second-order valence-corrected chi connectivity index (χ2v) is 4.84. The normalized spacial score (nSPS) is 12.1. The summed E-state index contributed by atoms with van der Waals surface area (Å²) in [6.07, 6.45) is 1.35. The minimum atomic E-state index is -1.00. The highest BCUT2D eigenvalue weighted by Gasteiger charge is 2.18. The SMILES string of the molecule is CCCC(Sc1cccc(C(=O)O)c1)C(=O)O. The van der Waals surface area contributed by atoms with Gasteiger partial charge in [0.15, 0.2) is 0 Å². The number of rotatable bonds is 6. The quantitative estimate of drug-likeness (QED) is 0.763. The van der Waals surface area contributed by atoms with Crippen molar-refractivity contribution in [3.05, 3.63) is 29.8 Å². The Kier molecular flexibility index (Phi) is 5.03. The van der Waals surface area contributed by atoms with Crippen LogP contribution in [-0.4, -0.2) is 27.4 Å². The third kappa shape index (κ3) is 4.11. The Labute approximate surface area is 104 Å². The third-order valence-electron chi connectivity index (χ3n) is 2.19. The molecule has 0 fully saturated rings. The number of aromatic carboxylic acids is 1. The first-order valence-corrected chi connectivity index (χ1v) is 6.15. The van der Waals surface area contributed by atoms with E-state index in [1.165, 1.54) is 23.9 Å². The van der Waals surface area contributed by atoms with Gasteiger partial charge in [0.1, 0.15) is 5.25 Å². The number of benzene rings is 1. The molecule has 4 nitrogen and oxygen atoms in total. The number of hydrogen-bond acceptors (Lipinski definition) is 3. The van der Waals surface area contributed by atoms with Crippen LogP contribution in [0.25, 0.3) is 0 Å². The molecular formula is C12H14O4S. The number of carboxylic acids is 2. The number of thioether (sulfide) groups is 1. The average molecular weight is 254 g/mol. The Morgan fingerprint density at radius 2 is 2.06 bits per heavy atom. The predicted octanol–water partition coefficient (Wildman–Crippen LogP) is 2.73.